The lowest BCUT2D eigenvalue weighted by Crippen LogP contribution is -2.36. The topological polar surface area (TPSA) is 48.0 Å². The summed E-state index contributed by atoms with van der Waals surface area (Å²) >= 11 is 0. The number of fused-ring (bicyclic) bond motifs is 1. The van der Waals surface area contributed by atoms with E-state index in [0.29, 0.717) is 17.2 Å². The normalized spacial score (nSPS) is 15.7. The summed E-state index contributed by atoms with van der Waals surface area (Å²) in [5, 5.41) is 0. The van der Waals surface area contributed by atoms with Crippen molar-refractivity contribution >= 4 is 11.6 Å². The quantitative estimate of drug-likeness (QED) is 0.838. The van der Waals surface area contributed by atoms with E-state index in [1.54, 1.807) is 21.3 Å². The monoisotopic (exact) mass is 341 g/mol. The van der Waals surface area contributed by atoms with Gasteiger partial charge in [0.05, 0.1) is 27.8 Å². The van der Waals surface area contributed by atoms with Gasteiger partial charge >= 0.3 is 0 Å². The molecule has 0 N–H and O–H groups in total. The number of ether oxygens (including phenoxy) is 3. The molecule has 1 aliphatic heterocycles. The Kier molecular flexibility index (Phi) is 4.83. The van der Waals surface area contributed by atoms with Crippen LogP contribution < -0.4 is 19.1 Å². The maximum atomic E-state index is 13.0. The summed E-state index contributed by atoms with van der Waals surface area (Å²) < 4.78 is 16.1. The number of amides is 1. The Morgan fingerprint density at radius 3 is 2.32 bits per heavy atom. The molecule has 0 radical (unpaired) electrons. The van der Waals surface area contributed by atoms with E-state index in [1.165, 1.54) is 5.56 Å². The average molecular weight is 341 g/mol. The lowest BCUT2D eigenvalue weighted by molar-refractivity contribution is -0.118. The van der Waals surface area contributed by atoms with Crippen LogP contribution in [0.25, 0.3) is 0 Å². The Hall–Kier alpha value is -2.69. The molecule has 0 bridgehead atoms. The van der Waals surface area contributed by atoms with Crippen molar-refractivity contribution in [3.63, 3.8) is 0 Å². The van der Waals surface area contributed by atoms with Crippen molar-refractivity contribution in [2.24, 2.45) is 0 Å². The molecule has 1 heterocycles. The largest absolute Gasteiger partial charge is 0.493 e. The van der Waals surface area contributed by atoms with Crippen LogP contribution in [0.4, 0.5) is 5.69 Å². The molecule has 5 heteroatoms. The number of methoxy groups -OCH3 is 3. The molecule has 0 spiro atoms. The first-order valence-electron chi connectivity index (χ1n) is 8.27. The highest BCUT2D eigenvalue weighted by Gasteiger charge is 2.30. The fourth-order valence-electron chi connectivity index (χ4n) is 3.44. The van der Waals surface area contributed by atoms with Crippen molar-refractivity contribution in [1.82, 2.24) is 0 Å². The molecule has 0 unspecified atom stereocenters. The second kappa shape index (κ2) is 7.05. The summed E-state index contributed by atoms with van der Waals surface area (Å²) in [7, 11) is 4.71. The van der Waals surface area contributed by atoms with Gasteiger partial charge in [-0.1, -0.05) is 18.2 Å². The van der Waals surface area contributed by atoms with Gasteiger partial charge in [0.1, 0.15) is 0 Å². The lowest BCUT2D eigenvalue weighted by Gasteiger charge is -2.23. The number of rotatable bonds is 5. The fraction of sp³-hybridized carbons (Fsp3) is 0.350. The number of benzene rings is 2. The lowest BCUT2D eigenvalue weighted by atomic mass is 10.1. The SMILES string of the molecule is COc1cc(CC(=O)N2c3ccccc3C[C@H]2C)cc(OC)c1OC. The molecule has 2 aromatic rings. The summed E-state index contributed by atoms with van der Waals surface area (Å²) in [4.78, 5) is 14.8. The van der Waals surface area contributed by atoms with Crippen molar-refractivity contribution in [3.8, 4) is 17.2 Å². The molecule has 1 amide bonds. The number of nitrogens with zero attached hydrogens (tertiary/aromatic N) is 1. The molecule has 0 saturated heterocycles. The van der Waals surface area contributed by atoms with Gasteiger partial charge in [-0.15, -0.1) is 0 Å². The maximum absolute atomic E-state index is 13.0. The summed E-state index contributed by atoms with van der Waals surface area (Å²) in [6.45, 7) is 2.08. The van der Waals surface area contributed by atoms with Crippen LogP contribution in [0.5, 0.6) is 17.2 Å². The Morgan fingerprint density at radius 1 is 1.08 bits per heavy atom. The van der Waals surface area contributed by atoms with Crippen molar-refractivity contribution in [1.29, 1.82) is 0 Å². The second-order valence-corrected chi connectivity index (χ2v) is 6.16. The van der Waals surface area contributed by atoms with Crippen LogP contribution in [0, 0.1) is 0 Å². The Morgan fingerprint density at radius 2 is 1.72 bits per heavy atom. The highest BCUT2D eigenvalue weighted by atomic mass is 16.5. The van der Waals surface area contributed by atoms with Gasteiger partial charge in [0.15, 0.2) is 11.5 Å². The Labute approximate surface area is 148 Å². The van der Waals surface area contributed by atoms with Gasteiger partial charge in [-0.2, -0.15) is 0 Å². The van der Waals surface area contributed by atoms with E-state index in [0.717, 1.165) is 17.7 Å². The standard InChI is InChI=1S/C20H23NO4/c1-13-9-15-7-5-6-8-16(15)21(13)19(22)12-14-10-17(23-2)20(25-4)18(11-14)24-3/h5-8,10-11,13H,9,12H2,1-4H3/t13-/m1/s1. The maximum Gasteiger partial charge on any atom is 0.231 e. The zero-order valence-electron chi connectivity index (χ0n) is 15.0. The summed E-state index contributed by atoms with van der Waals surface area (Å²) in [5.74, 6) is 1.70. The first-order valence-corrected chi connectivity index (χ1v) is 8.27. The van der Waals surface area contributed by atoms with E-state index in [-0.39, 0.29) is 18.4 Å². The van der Waals surface area contributed by atoms with Crippen LogP contribution in [0.2, 0.25) is 0 Å². The Balaban J connectivity index is 1.89. The molecule has 0 aliphatic carbocycles. The van der Waals surface area contributed by atoms with E-state index in [9.17, 15) is 4.79 Å². The van der Waals surface area contributed by atoms with E-state index < -0.39 is 0 Å². The van der Waals surface area contributed by atoms with Crippen LogP contribution in [0.3, 0.4) is 0 Å². The van der Waals surface area contributed by atoms with Crippen molar-refractivity contribution in [2.45, 2.75) is 25.8 Å². The minimum absolute atomic E-state index is 0.0618. The third-order valence-electron chi connectivity index (χ3n) is 4.56. The third-order valence-corrected chi connectivity index (χ3v) is 4.56. The number of carbonyl (C=O) groups excluding carboxylic acids is 1. The van der Waals surface area contributed by atoms with E-state index in [4.69, 9.17) is 14.2 Å². The molecule has 132 valence electrons. The van der Waals surface area contributed by atoms with Gasteiger partial charge in [-0.3, -0.25) is 4.79 Å². The third kappa shape index (κ3) is 3.14. The molecular weight excluding hydrogens is 318 g/mol. The smallest absolute Gasteiger partial charge is 0.231 e. The number of hydrogen-bond acceptors (Lipinski definition) is 4. The van der Waals surface area contributed by atoms with Crippen LogP contribution in [0.15, 0.2) is 36.4 Å². The first-order chi connectivity index (χ1) is 12.1. The molecular formula is C20H23NO4. The number of para-hydroxylation sites is 1. The van der Waals surface area contributed by atoms with Crippen LogP contribution in [-0.4, -0.2) is 33.3 Å². The zero-order chi connectivity index (χ0) is 18.0. The van der Waals surface area contributed by atoms with Gasteiger partial charge in [-0.25, -0.2) is 0 Å². The van der Waals surface area contributed by atoms with Crippen LogP contribution >= 0.6 is 0 Å². The molecule has 0 aromatic heterocycles. The fourth-order valence-corrected chi connectivity index (χ4v) is 3.44. The molecule has 25 heavy (non-hydrogen) atoms. The van der Waals surface area contributed by atoms with Gasteiger partial charge < -0.3 is 19.1 Å². The Bertz CT molecular complexity index is 762. The van der Waals surface area contributed by atoms with E-state index >= 15 is 0 Å². The van der Waals surface area contributed by atoms with Gasteiger partial charge in [0.2, 0.25) is 11.7 Å². The predicted molar refractivity (Wildman–Crippen MR) is 96.9 cm³/mol. The van der Waals surface area contributed by atoms with E-state index in [2.05, 4.69) is 13.0 Å². The second-order valence-electron chi connectivity index (χ2n) is 6.16. The first kappa shape index (κ1) is 17.1. The predicted octanol–water partition coefficient (Wildman–Crippen LogP) is 3.23. The molecule has 0 saturated carbocycles. The number of anilines is 1. The molecule has 3 rings (SSSR count). The van der Waals surface area contributed by atoms with E-state index in [1.807, 2.05) is 35.2 Å². The van der Waals surface area contributed by atoms with Gasteiger partial charge in [-0.05, 0) is 42.7 Å². The minimum Gasteiger partial charge on any atom is -0.493 e. The highest BCUT2D eigenvalue weighted by molar-refractivity contribution is 5.97. The summed E-state index contributed by atoms with van der Waals surface area (Å²) in [6.07, 6.45) is 1.16. The number of carbonyl (C=O) groups is 1. The molecule has 1 atom stereocenters. The summed E-state index contributed by atoms with van der Waals surface area (Å²) in [5.41, 5.74) is 3.05. The van der Waals surface area contributed by atoms with Crippen molar-refractivity contribution in [3.05, 3.63) is 47.5 Å². The average Bonchev–Trinajstić information content (AvgIpc) is 2.96. The number of hydrogen-bond donors (Lipinski definition) is 0. The van der Waals surface area contributed by atoms with Crippen LogP contribution in [0.1, 0.15) is 18.1 Å². The molecule has 5 nitrogen and oxygen atoms in total. The minimum atomic E-state index is 0.0618. The highest BCUT2D eigenvalue weighted by Crippen LogP contribution is 2.39. The summed E-state index contributed by atoms with van der Waals surface area (Å²) in [6, 6.07) is 11.9. The molecule has 0 fully saturated rings. The van der Waals surface area contributed by atoms with Crippen molar-refractivity contribution in [2.75, 3.05) is 26.2 Å². The molecule has 1 aliphatic rings. The molecule has 2 aromatic carbocycles. The van der Waals surface area contributed by atoms with Crippen molar-refractivity contribution < 1.29 is 19.0 Å². The van der Waals surface area contributed by atoms with Crippen LogP contribution in [-0.2, 0) is 17.6 Å². The van der Waals surface area contributed by atoms with Gasteiger partial charge in [0.25, 0.3) is 0 Å². The van der Waals surface area contributed by atoms with Gasteiger partial charge in [0, 0.05) is 11.7 Å². The zero-order valence-corrected chi connectivity index (χ0v) is 15.0.